The molecule has 0 saturated heterocycles. The van der Waals surface area contributed by atoms with Crippen molar-refractivity contribution in [1.82, 2.24) is 15.0 Å². The first-order valence-corrected chi connectivity index (χ1v) is 9.89. The summed E-state index contributed by atoms with van der Waals surface area (Å²) >= 11 is 6.20. The summed E-state index contributed by atoms with van der Waals surface area (Å²) in [5.74, 6) is -0.676. The number of nitrogens with one attached hydrogen (secondary N) is 3. The zero-order valence-corrected chi connectivity index (χ0v) is 15.7. The van der Waals surface area contributed by atoms with E-state index < -0.39 is 16.0 Å². The molecule has 2 heterocycles. The fraction of sp³-hybridized carbons (Fsp3) is 0. The first-order chi connectivity index (χ1) is 13.3. The number of benzene rings is 2. The highest BCUT2D eigenvalue weighted by molar-refractivity contribution is 7.92. The van der Waals surface area contributed by atoms with Crippen molar-refractivity contribution in [3.05, 3.63) is 65.4 Å². The summed E-state index contributed by atoms with van der Waals surface area (Å²) in [6.07, 6.45) is 1.12. The van der Waals surface area contributed by atoms with Crippen LogP contribution in [0.25, 0.3) is 22.4 Å². The van der Waals surface area contributed by atoms with Gasteiger partial charge in [0.05, 0.1) is 21.7 Å². The minimum Gasteiger partial charge on any atom is -0.477 e. The number of nitrogens with zero attached hydrogens (tertiary/aromatic N) is 1. The van der Waals surface area contributed by atoms with Gasteiger partial charge in [-0.1, -0.05) is 23.7 Å². The number of fused-ring (bicyclic) bond motifs is 1. The number of imidazole rings is 1. The van der Waals surface area contributed by atoms with Crippen LogP contribution in [0.5, 0.6) is 0 Å². The van der Waals surface area contributed by atoms with E-state index >= 15 is 0 Å². The van der Waals surface area contributed by atoms with E-state index in [-0.39, 0.29) is 10.6 Å². The molecule has 4 rings (SSSR count). The van der Waals surface area contributed by atoms with E-state index in [2.05, 4.69) is 19.7 Å². The smallest absolute Gasteiger partial charge is 0.352 e. The van der Waals surface area contributed by atoms with Gasteiger partial charge in [-0.05, 0) is 36.4 Å². The predicted octanol–water partition coefficient (Wildman–Crippen LogP) is 3.71. The lowest BCUT2D eigenvalue weighted by Gasteiger charge is -2.06. The van der Waals surface area contributed by atoms with Gasteiger partial charge in [0.1, 0.15) is 16.4 Å². The highest BCUT2D eigenvalue weighted by Gasteiger charge is 2.19. The third kappa shape index (κ3) is 3.32. The first-order valence-electron chi connectivity index (χ1n) is 8.03. The zero-order valence-electron chi connectivity index (χ0n) is 14.1. The third-order valence-electron chi connectivity index (χ3n) is 4.06. The number of aromatic carboxylic acids is 1. The van der Waals surface area contributed by atoms with Gasteiger partial charge < -0.3 is 15.1 Å². The van der Waals surface area contributed by atoms with Gasteiger partial charge in [0.25, 0.3) is 10.0 Å². The molecule has 0 spiro atoms. The van der Waals surface area contributed by atoms with E-state index in [0.29, 0.717) is 27.6 Å². The standard InChI is InChI=1S/C18H13ClN4O4S/c19-13-4-2-1-3-12(13)17-21-14-6-5-10(7-15(14)22-17)23-28(26,27)11-8-16(18(24)25)20-9-11/h1-9,20,23H,(H,21,22)(H,24,25). The maximum absolute atomic E-state index is 12.5. The number of aromatic nitrogens is 3. The molecule has 8 nitrogen and oxygen atoms in total. The van der Waals surface area contributed by atoms with Crippen molar-refractivity contribution < 1.29 is 18.3 Å². The molecule has 0 fully saturated rings. The topological polar surface area (TPSA) is 128 Å². The van der Waals surface area contributed by atoms with Crippen molar-refractivity contribution in [2.75, 3.05) is 4.72 Å². The Balaban J connectivity index is 1.66. The molecule has 0 bridgehead atoms. The van der Waals surface area contributed by atoms with Crippen LogP contribution in [0.4, 0.5) is 5.69 Å². The van der Waals surface area contributed by atoms with Crippen LogP contribution in [-0.4, -0.2) is 34.4 Å². The molecule has 2 aromatic carbocycles. The van der Waals surface area contributed by atoms with Crippen molar-refractivity contribution in [3.63, 3.8) is 0 Å². The number of sulfonamides is 1. The Kier molecular flexibility index (Phi) is 4.33. The van der Waals surface area contributed by atoms with Gasteiger partial charge in [0.15, 0.2) is 0 Å². The number of aromatic amines is 2. The molecule has 28 heavy (non-hydrogen) atoms. The maximum atomic E-state index is 12.5. The highest BCUT2D eigenvalue weighted by Crippen LogP contribution is 2.28. The minimum atomic E-state index is -3.95. The molecule has 0 saturated carbocycles. The summed E-state index contributed by atoms with van der Waals surface area (Å²) in [6.45, 7) is 0. The minimum absolute atomic E-state index is 0.175. The molecular formula is C18H13ClN4O4S. The second-order valence-electron chi connectivity index (χ2n) is 5.96. The molecule has 0 radical (unpaired) electrons. The lowest BCUT2D eigenvalue weighted by molar-refractivity contribution is 0.0691. The van der Waals surface area contributed by atoms with Crippen molar-refractivity contribution in [3.8, 4) is 11.4 Å². The monoisotopic (exact) mass is 416 g/mol. The van der Waals surface area contributed by atoms with Crippen LogP contribution < -0.4 is 4.72 Å². The lowest BCUT2D eigenvalue weighted by atomic mass is 10.2. The zero-order chi connectivity index (χ0) is 19.9. The van der Waals surface area contributed by atoms with Gasteiger partial charge in [-0.3, -0.25) is 4.72 Å². The van der Waals surface area contributed by atoms with Gasteiger partial charge in [-0.15, -0.1) is 0 Å². The average molecular weight is 417 g/mol. The second-order valence-corrected chi connectivity index (χ2v) is 8.05. The predicted molar refractivity (Wildman–Crippen MR) is 105 cm³/mol. The van der Waals surface area contributed by atoms with Crippen LogP contribution in [0, 0.1) is 0 Å². The third-order valence-corrected chi connectivity index (χ3v) is 5.75. The Morgan fingerprint density at radius 3 is 2.64 bits per heavy atom. The Hall–Kier alpha value is -3.30. The Labute approximate surface area is 164 Å². The molecule has 0 amide bonds. The van der Waals surface area contributed by atoms with Gasteiger partial charge in [0, 0.05) is 11.8 Å². The summed E-state index contributed by atoms with van der Waals surface area (Å²) in [4.78, 5) is 20.8. The summed E-state index contributed by atoms with van der Waals surface area (Å²) in [7, 11) is -3.95. The number of carbonyl (C=O) groups is 1. The van der Waals surface area contributed by atoms with E-state index in [4.69, 9.17) is 16.7 Å². The van der Waals surface area contributed by atoms with Gasteiger partial charge >= 0.3 is 5.97 Å². The molecule has 0 aliphatic carbocycles. The van der Waals surface area contributed by atoms with Crippen LogP contribution in [-0.2, 0) is 10.0 Å². The van der Waals surface area contributed by atoms with E-state index in [0.717, 1.165) is 17.8 Å². The fourth-order valence-corrected chi connectivity index (χ4v) is 3.99. The molecule has 4 N–H and O–H groups in total. The molecule has 4 aromatic rings. The quantitative estimate of drug-likeness (QED) is 0.394. The van der Waals surface area contributed by atoms with Crippen LogP contribution in [0.2, 0.25) is 5.02 Å². The number of anilines is 1. The SMILES string of the molecule is O=C(O)c1cc(S(=O)(=O)Nc2ccc3nc(-c4ccccc4Cl)[nH]c3c2)c[nH]1. The van der Waals surface area contributed by atoms with Crippen LogP contribution in [0.1, 0.15) is 10.5 Å². The molecule has 0 unspecified atom stereocenters. The maximum Gasteiger partial charge on any atom is 0.352 e. The molecule has 142 valence electrons. The van der Waals surface area contributed by atoms with Gasteiger partial charge in [-0.2, -0.15) is 0 Å². The number of rotatable bonds is 5. The van der Waals surface area contributed by atoms with Crippen molar-refractivity contribution in [1.29, 1.82) is 0 Å². The fourth-order valence-electron chi connectivity index (χ4n) is 2.72. The van der Waals surface area contributed by atoms with Crippen molar-refractivity contribution in [2.45, 2.75) is 4.90 Å². The number of hydrogen-bond donors (Lipinski definition) is 4. The number of carboxylic acids is 1. The summed E-state index contributed by atoms with van der Waals surface area (Å²) < 4.78 is 27.4. The van der Waals surface area contributed by atoms with Gasteiger partial charge in [0.2, 0.25) is 0 Å². The van der Waals surface area contributed by atoms with E-state index in [1.54, 1.807) is 24.3 Å². The van der Waals surface area contributed by atoms with Gasteiger partial charge in [-0.25, -0.2) is 18.2 Å². The lowest BCUT2D eigenvalue weighted by Crippen LogP contribution is -2.12. The molecule has 10 heteroatoms. The largest absolute Gasteiger partial charge is 0.477 e. The number of carboxylic acid groups (broad SMARTS) is 1. The molecular weight excluding hydrogens is 404 g/mol. The van der Waals surface area contributed by atoms with Crippen molar-refractivity contribution >= 4 is 44.3 Å². The van der Waals surface area contributed by atoms with E-state index in [1.165, 1.54) is 0 Å². The normalized spacial score (nSPS) is 11.6. The van der Waals surface area contributed by atoms with Crippen LogP contribution >= 0.6 is 11.6 Å². The molecule has 0 aliphatic rings. The molecule has 0 atom stereocenters. The van der Waals surface area contributed by atoms with E-state index in [1.807, 2.05) is 18.2 Å². The second kappa shape index (κ2) is 6.70. The van der Waals surface area contributed by atoms with Crippen LogP contribution in [0.15, 0.2) is 59.6 Å². The summed E-state index contributed by atoms with van der Waals surface area (Å²) in [5, 5.41) is 9.47. The average Bonchev–Trinajstić information content (AvgIpc) is 3.29. The molecule has 2 aromatic heterocycles. The summed E-state index contributed by atoms with van der Waals surface area (Å²) in [5.41, 5.74) is 2.09. The Morgan fingerprint density at radius 2 is 1.93 bits per heavy atom. The first kappa shape index (κ1) is 18.1. The van der Waals surface area contributed by atoms with Crippen LogP contribution in [0.3, 0.4) is 0 Å². The highest BCUT2D eigenvalue weighted by atomic mass is 35.5. The molecule has 0 aliphatic heterocycles. The number of hydrogen-bond acceptors (Lipinski definition) is 4. The Bertz CT molecular complexity index is 1310. The van der Waals surface area contributed by atoms with Crippen molar-refractivity contribution in [2.24, 2.45) is 0 Å². The van der Waals surface area contributed by atoms with E-state index in [9.17, 15) is 13.2 Å². The Morgan fingerprint density at radius 1 is 1.14 bits per heavy atom. The number of H-pyrrole nitrogens is 2. The summed E-state index contributed by atoms with van der Waals surface area (Å²) in [6, 6.07) is 13.1. The number of halogens is 1.